The molecule has 2 aromatic heterocycles. The molecule has 1 fully saturated rings. The Balaban J connectivity index is 1.80. The summed E-state index contributed by atoms with van der Waals surface area (Å²) in [6, 6.07) is 5.33. The molecule has 0 N–H and O–H groups in total. The quantitative estimate of drug-likeness (QED) is 0.493. The van der Waals surface area contributed by atoms with Gasteiger partial charge in [0.15, 0.2) is 22.7 Å². The monoisotopic (exact) mass is 505 g/mol. The minimum atomic E-state index is -0.460. The number of morpholine rings is 1. The number of nitrogens with zero attached hydrogens (tertiary/aromatic N) is 5. The van der Waals surface area contributed by atoms with Gasteiger partial charge in [0.05, 0.1) is 27.4 Å². The van der Waals surface area contributed by atoms with Gasteiger partial charge >= 0.3 is 5.69 Å². The Morgan fingerprint density at radius 3 is 2.47 bits per heavy atom. The van der Waals surface area contributed by atoms with E-state index in [0.717, 1.165) is 13.1 Å². The van der Waals surface area contributed by atoms with Crippen molar-refractivity contribution >= 4 is 27.1 Å². The first-order chi connectivity index (χ1) is 15.4. The van der Waals surface area contributed by atoms with E-state index in [1.54, 1.807) is 39.5 Å². The van der Waals surface area contributed by atoms with E-state index in [2.05, 4.69) is 30.8 Å². The Morgan fingerprint density at radius 1 is 1.06 bits per heavy atom. The van der Waals surface area contributed by atoms with E-state index in [1.807, 2.05) is 0 Å². The van der Waals surface area contributed by atoms with Crippen molar-refractivity contribution in [2.75, 3.05) is 47.1 Å². The van der Waals surface area contributed by atoms with Crippen molar-refractivity contribution < 1.29 is 14.2 Å². The van der Waals surface area contributed by atoms with Crippen molar-refractivity contribution in [2.24, 2.45) is 7.05 Å². The Morgan fingerprint density at radius 2 is 1.78 bits per heavy atom. The molecule has 3 heterocycles. The van der Waals surface area contributed by atoms with Crippen LogP contribution in [0.1, 0.15) is 0 Å². The Bertz CT molecular complexity index is 1270. The van der Waals surface area contributed by atoms with Gasteiger partial charge in [-0.15, -0.1) is 0 Å². The maximum absolute atomic E-state index is 13.2. The number of halogens is 1. The molecule has 4 rings (SSSR count). The summed E-state index contributed by atoms with van der Waals surface area (Å²) in [5.74, 6) is 1.11. The predicted octanol–water partition coefficient (Wildman–Crippen LogP) is 1.27. The van der Waals surface area contributed by atoms with Crippen molar-refractivity contribution in [3.8, 4) is 22.8 Å². The van der Waals surface area contributed by atoms with Gasteiger partial charge in [-0.05, 0) is 34.1 Å². The Hall–Kier alpha value is -2.76. The van der Waals surface area contributed by atoms with Crippen molar-refractivity contribution in [2.45, 2.75) is 6.54 Å². The number of aryl methyl sites for hydroxylation is 1. The van der Waals surface area contributed by atoms with Crippen molar-refractivity contribution in [1.82, 2.24) is 24.0 Å². The van der Waals surface area contributed by atoms with Gasteiger partial charge in [-0.25, -0.2) is 14.8 Å². The third kappa shape index (κ3) is 4.15. The number of methoxy groups -OCH3 is 2. The maximum Gasteiger partial charge on any atom is 0.332 e. The van der Waals surface area contributed by atoms with Crippen LogP contribution in [0.3, 0.4) is 0 Å². The number of fused-ring (bicyclic) bond motifs is 1. The molecular weight excluding hydrogens is 482 g/mol. The summed E-state index contributed by atoms with van der Waals surface area (Å²) in [7, 11) is 4.70. The molecule has 0 saturated carbocycles. The van der Waals surface area contributed by atoms with Gasteiger partial charge in [0.2, 0.25) is 0 Å². The average Bonchev–Trinajstić information content (AvgIpc) is 2.82. The van der Waals surface area contributed by atoms with E-state index < -0.39 is 11.2 Å². The van der Waals surface area contributed by atoms with Gasteiger partial charge in [0.1, 0.15) is 10.3 Å². The van der Waals surface area contributed by atoms with Crippen LogP contribution in [0.4, 0.5) is 0 Å². The van der Waals surface area contributed by atoms with E-state index in [9.17, 15) is 9.59 Å². The zero-order valence-corrected chi connectivity index (χ0v) is 19.7. The first-order valence-electron chi connectivity index (χ1n) is 10.1. The average molecular weight is 506 g/mol. The summed E-state index contributed by atoms with van der Waals surface area (Å²) in [6.07, 6.45) is 0. The summed E-state index contributed by atoms with van der Waals surface area (Å²) in [6.45, 7) is 3.71. The van der Waals surface area contributed by atoms with Gasteiger partial charge < -0.3 is 14.2 Å². The van der Waals surface area contributed by atoms with Crippen LogP contribution in [0.15, 0.2) is 32.4 Å². The van der Waals surface area contributed by atoms with Crippen LogP contribution in [0, 0.1) is 0 Å². The van der Waals surface area contributed by atoms with Crippen molar-refractivity contribution in [1.29, 1.82) is 0 Å². The fourth-order valence-electron chi connectivity index (χ4n) is 3.70. The minimum Gasteiger partial charge on any atom is -0.493 e. The van der Waals surface area contributed by atoms with Crippen molar-refractivity contribution in [3.63, 3.8) is 0 Å². The highest BCUT2D eigenvalue weighted by atomic mass is 79.9. The lowest BCUT2D eigenvalue weighted by Gasteiger charge is -2.26. The van der Waals surface area contributed by atoms with Crippen LogP contribution in [-0.2, 0) is 18.3 Å². The molecule has 1 saturated heterocycles. The van der Waals surface area contributed by atoms with E-state index in [4.69, 9.17) is 14.2 Å². The second-order valence-corrected chi connectivity index (χ2v) is 8.11. The molecule has 1 aliphatic heterocycles. The molecule has 0 amide bonds. The van der Waals surface area contributed by atoms with Crippen LogP contribution < -0.4 is 20.7 Å². The highest BCUT2D eigenvalue weighted by molar-refractivity contribution is 9.10. The lowest BCUT2D eigenvalue weighted by Crippen LogP contribution is -2.44. The predicted molar refractivity (Wildman–Crippen MR) is 123 cm³/mol. The van der Waals surface area contributed by atoms with Gasteiger partial charge in [-0.1, -0.05) is 0 Å². The molecule has 0 unspecified atom stereocenters. The van der Waals surface area contributed by atoms with Crippen LogP contribution >= 0.6 is 15.9 Å². The molecule has 0 spiro atoms. The first kappa shape index (κ1) is 22.4. The van der Waals surface area contributed by atoms with Crippen LogP contribution in [-0.4, -0.2) is 71.1 Å². The third-order valence-corrected chi connectivity index (χ3v) is 6.07. The zero-order valence-electron chi connectivity index (χ0n) is 18.1. The van der Waals surface area contributed by atoms with Gasteiger partial charge in [-0.3, -0.25) is 18.8 Å². The second-order valence-electron chi connectivity index (χ2n) is 7.36. The molecule has 0 atom stereocenters. The molecule has 0 aliphatic carbocycles. The first-order valence-corrected chi connectivity index (χ1v) is 10.9. The van der Waals surface area contributed by atoms with Crippen molar-refractivity contribution in [3.05, 3.63) is 43.6 Å². The highest BCUT2D eigenvalue weighted by Gasteiger charge is 2.19. The summed E-state index contributed by atoms with van der Waals surface area (Å²) in [4.78, 5) is 37.3. The van der Waals surface area contributed by atoms with Gasteiger partial charge in [0, 0.05) is 38.8 Å². The Labute approximate surface area is 192 Å². The summed E-state index contributed by atoms with van der Waals surface area (Å²) < 4.78 is 19.0. The highest BCUT2D eigenvalue weighted by Crippen LogP contribution is 2.34. The molecule has 3 aromatic rings. The normalized spacial score (nSPS) is 14.6. The van der Waals surface area contributed by atoms with E-state index >= 15 is 0 Å². The number of rotatable bonds is 6. The molecule has 10 nitrogen and oxygen atoms in total. The SMILES string of the molecule is COc1ccc(-c2nc3c(=O)n(CCN4CCOCC4)c(=O)n(C)c3nc2Br)cc1OC. The third-order valence-electron chi connectivity index (χ3n) is 5.52. The van der Waals surface area contributed by atoms with Crippen LogP contribution in [0.25, 0.3) is 22.4 Å². The van der Waals surface area contributed by atoms with E-state index in [-0.39, 0.29) is 17.7 Å². The number of hydrogen-bond acceptors (Lipinski definition) is 8. The fourth-order valence-corrected chi connectivity index (χ4v) is 4.19. The molecule has 11 heteroatoms. The number of aromatic nitrogens is 4. The fraction of sp³-hybridized carbons (Fsp3) is 0.429. The zero-order chi connectivity index (χ0) is 22.8. The van der Waals surface area contributed by atoms with Gasteiger partial charge in [-0.2, -0.15) is 0 Å². The number of benzene rings is 1. The summed E-state index contributed by atoms with van der Waals surface area (Å²) in [5, 5.41) is 0. The Kier molecular flexibility index (Phi) is 6.58. The van der Waals surface area contributed by atoms with Gasteiger partial charge in [0.25, 0.3) is 5.56 Å². The summed E-state index contributed by atoms with van der Waals surface area (Å²) in [5.41, 5.74) is 0.626. The second kappa shape index (κ2) is 9.39. The molecule has 32 heavy (non-hydrogen) atoms. The smallest absolute Gasteiger partial charge is 0.332 e. The lowest BCUT2D eigenvalue weighted by atomic mass is 10.1. The summed E-state index contributed by atoms with van der Waals surface area (Å²) >= 11 is 3.43. The molecule has 0 bridgehead atoms. The number of hydrogen-bond donors (Lipinski definition) is 0. The van der Waals surface area contributed by atoms with Crippen LogP contribution in [0.2, 0.25) is 0 Å². The molecule has 1 aliphatic rings. The molecule has 1 aromatic carbocycles. The van der Waals surface area contributed by atoms with E-state index in [0.29, 0.717) is 47.1 Å². The maximum atomic E-state index is 13.2. The molecular formula is C21H24BrN5O5. The lowest BCUT2D eigenvalue weighted by molar-refractivity contribution is 0.0361. The van der Waals surface area contributed by atoms with Crippen LogP contribution in [0.5, 0.6) is 11.5 Å². The minimum absolute atomic E-state index is 0.127. The van der Waals surface area contributed by atoms with E-state index in [1.165, 1.54) is 9.13 Å². The largest absolute Gasteiger partial charge is 0.493 e. The molecule has 0 radical (unpaired) electrons. The standard InChI is InChI=1S/C21H24BrN5O5/c1-25-19-17(20(28)27(21(25)29)7-6-26-8-10-32-11-9-26)23-16(18(22)24-19)13-4-5-14(30-2)15(12-13)31-3/h4-5,12H,6-11H2,1-3H3. The molecule has 170 valence electrons. The number of ether oxygens (including phenoxy) is 3. The topological polar surface area (TPSA) is 101 Å².